The number of amides is 3. The van der Waals surface area contributed by atoms with E-state index < -0.39 is 17.7 Å². The van der Waals surface area contributed by atoms with Crippen LogP contribution in [0.3, 0.4) is 0 Å². The van der Waals surface area contributed by atoms with Gasteiger partial charge in [-0.05, 0) is 61.1 Å². The molecule has 0 radical (unpaired) electrons. The van der Waals surface area contributed by atoms with Gasteiger partial charge in [0.2, 0.25) is 11.8 Å². The van der Waals surface area contributed by atoms with Gasteiger partial charge in [0.05, 0.1) is 6.54 Å². The molecule has 5 rings (SSSR count). The molecule has 222 valence electrons. The number of piperazine rings is 1. The van der Waals surface area contributed by atoms with Gasteiger partial charge in [-0.25, -0.2) is 4.79 Å². The van der Waals surface area contributed by atoms with Gasteiger partial charge in [0.15, 0.2) is 0 Å². The molecule has 2 saturated heterocycles. The zero-order valence-corrected chi connectivity index (χ0v) is 24.8. The SMILES string of the molecule is O=C(NCCCC[C@@H]1NC(=O)C2(CCN(CCc3ccccc3)CC2)N(Cc2cccs2)C1=O)OCc1ccccc1. The van der Waals surface area contributed by atoms with Crippen molar-refractivity contribution in [3.8, 4) is 0 Å². The Labute approximate surface area is 252 Å². The largest absolute Gasteiger partial charge is 0.445 e. The number of hydrogen-bond donors (Lipinski definition) is 2. The average Bonchev–Trinajstić information content (AvgIpc) is 3.55. The maximum absolute atomic E-state index is 13.9. The Morgan fingerprint density at radius 3 is 2.36 bits per heavy atom. The first-order valence-electron chi connectivity index (χ1n) is 14.9. The van der Waals surface area contributed by atoms with Gasteiger partial charge in [-0.3, -0.25) is 9.59 Å². The lowest BCUT2D eigenvalue weighted by atomic mass is 9.81. The van der Waals surface area contributed by atoms with Crippen molar-refractivity contribution in [1.29, 1.82) is 0 Å². The highest BCUT2D eigenvalue weighted by Gasteiger charge is 2.53. The number of hydrogen-bond acceptors (Lipinski definition) is 6. The van der Waals surface area contributed by atoms with Gasteiger partial charge in [-0.15, -0.1) is 11.3 Å². The minimum Gasteiger partial charge on any atom is -0.445 e. The highest BCUT2D eigenvalue weighted by Crippen LogP contribution is 2.35. The molecule has 9 heteroatoms. The van der Waals surface area contributed by atoms with Crippen molar-refractivity contribution in [1.82, 2.24) is 20.4 Å². The number of ether oxygens (including phenoxy) is 1. The molecule has 3 aromatic rings. The Balaban J connectivity index is 1.12. The van der Waals surface area contributed by atoms with Crippen LogP contribution in [-0.2, 0) is 33.9 Å². The second-order valence-electron chi connectivity index (χ2n) is 11.1. The van der Waals surface area contributed by atoms with Crippen LogP contribution in [0.15, 0.2) is 78.2 Å². The lowest BCUT2D eigenvalue weighted by Crippen LogP contribution is -2.72. The van der Waals surface area contributed by atoms with Crippen LogP contribution in [0.1, 0.15) is 48.1 Å². The highest BCUT2D eigenvalue weighted by atomic mass is 32.1. The van der Waals surface area contributed by atoms with Crippen LogP contribution in [0.25, 0.3) is 0 Å². The minimum absolute atomic E-state index is 0.00374. The van der Waals surface area contributed by atoms with Gasteiger partial charge in [0.1, 0.15) is 18.2 Å². The van der Waals surface area contributed by atoms with Crippen LogP contribution < -0.4 is 10.6 Å². The molecule has 2 aliphatic heterocycles. The van der Waals surface area contributed by atoms with Crippen molar-refractivity contribution in [2.45, 2.75) is 63.3 Å². The van der Waals surface area contributed by atoms with Crippen molar-refractivity contribution in [3.05, 3.63) is 94.2 Å². The molecule has 1 spiro atoms. The number of thiophene rings is 1. The monoisotopic (exact) mass is 588 g/mol. The van der Waals surface area contributed by atoms with Gasteiger partial charge >= 0.3 is 6.09 Å². The number of piperidine rings is 1. The van der Waals surface area contributed by atoms with Crippen molar-refractivity contribution < 1.29 is 19.1 Å². The summed E-state index contributed by atoms with van der Waals surface area (Å²) in [5, 5.41) is 7.88. The summed E-state index contributed by atoms with van der Waals surface area (Å²) in [6, 6.07) is 23.5. The Bertz CT molecular complexity index is 1290. The van der Waals surface area contributed by atoms with E-state index in [9.17, 15) is 14.4 Å². The maximum atomic E-state index is 13.9. The molecule has 8 nitrogen and oxygen atoms in total. The molecule has 0 saturated carbocycles. The first-order chi connectivity index (χ1) is 20.5. The number of unbranched alkanes of at least 4 members (excludes halogenated alkanes) is 1. The second kappa shape index (κ2) is 14.5. The number of nitrogens with one attached hydrogen (secondary N) is 2. The third-order valence-electron chi connectivity index (χ3n) is 8.35. The molecule has 2 aromatic carbocycles. The average molecular weight is 589 g/mol. The summed E-state index contributed by atoms with van der Waals surface area (Å²) < 4.78 is 5.26. The van der Waals surface area contributed by atoms with Gasteiger partial charge in [-0.2, -0.15) is 0 Å². The molecule has 2 aliphatic rings. The minimum atomic E-state index is -0.815. The molecular formula is C33H40N4O4S. The number of rotatable bonds is 12. The van der Waals surface area contributed by atoms with E-state index in [1.807, 2.05) is 58.8 Å². The predicted octanol–water partition coefficient (Wildman–Crippen LogP) is 4.75. The van der Waals surface area contributed by atoms with E-state index in [0.717, 1.165) is 36.5 Å². The van der Waals surface area contributed by atoms with E-state index in [-0.39, 0.29) is 18.4 Å². The molecule has 0 aliphatic carbocycles. The zero-order chi connectivity index (χ0) is 29.2. The smallest absolute Gasteiger partial charge is 0.407 e. The number of alkyl carbamates (subject to hydrolysis) is 1. The van der Waals surface area contributed by atoms with Crippen LogP contribution in [0.4, 0.5) is 4.79 Å². The van der Waals surface area contributed by atoms with Crippen LogP contribution >= 0.6 is 11.3 Å². The quantitative estimate of drug-likeness (QED) is 0.298. The number of carbonyl (C=O) groups is 3. The topological polar surface area (TPSA) is 91.0 Å². The third-order valence-corrected chi connectivity index (χ3v) is 9.21. The second-order valence-corrected chi connectivity index (χ2v) is 12.2. The lowest BCUT2D eigenvalue weighted by molar-refractivity contribution is -0.162. The number of nitrogens with zero attached hydrogens (tertiary/aromatic N) is 2. The molecular weight excluding hydrogens is 548 g/mol. The standard InChI is InChI=1S/C33H40N4O4S/c38-30-29(15-7-8-19-34-32(40)41-25-27-12-5-2-6-13-27)35-31(39)33(37(30)24-28-14-9-23-42-28)17-21-36(22-18-33)20-16-26-10-3-1-4-11-26/h1-6,9-14,23,29H,7-8,15-22,24-25H2,(H,34,40)(H,35,39)/t29-/m0/s1. The Hall–Kier alpha value is -3.69. The van der Waals surface area contributed by atoms with Crippen LogP contribution in [0, 0.1) is 0 Å². The van der Waals surface area contributed by atoms with Crippen LogP contribution in [0.5, 0.6) is 0 Å². The molecule has 3 amide bonds. The van der Waals surface area contributed by atoms with Gasteiger partial charge in [0, 0.05) is 31.1 Å². The van der Waals surface area contributed by atoms with Gasteiger partial charge in [0.25, 0.3) is 0 Å². The van der Waals surface area contributed by atoms with E-state index in [1.54, 1.807) is 11.3 Å². The summed E-state index contributed by atoms with van der Waals surface area (Å²) in [6.45, 7) is 3.64. The first kappa shape index (κ1) is 29.8. The number of benzene rings is 2. The Morgan fingerprint density at radius 2 is 1.67 bits per heavy atom. The van der Waals surface area contributed by atoms with Gasteiger partial charge in [-0.1, -0.05) is 66.7 Å². The third kappa shape index (κ3) is 7.57. The summed E-state index contributed by atoms with van der Waals surface area (Å²) in [7, 11) is 0. The summed E-state index contributed by atoms with van der Waals surface area (Å²) in [4.78, 5) is 45.0. The first-order valence-corrected chi connectivity index (χ1v) is 15.8. The predicted molar refractivity (Wildman–Crippen MR) is 164 cm³/mol. The molecule has 0 bridgehead atoms. The zero-order valence-electron chi connectivity index (χ0n) is 24.0. The Kier molecular flexibility index (Phi) is 10.3. The van der Waals surface area contributed by atoms with Crippen LogP contribution in [0.2, 0.25) is 0 Å². The highest BCUT2D eigenvalue weighted by molar-refractivity contribution is 7.09. The van der Waals surface area contributed by atoms with E-state index >= 15 is 0 Å². The van der Waals surface area contributed by atoms with E-state index in [1.165, 1.54) is 5.56 Å². The summed E-state index contributed by atoms with van der Waals surface area (Å²) in [5.74, 6) is -0.0371. The van der Waals surface area contributed by atoms with Crippen molar-refractivity contribution in [2.75, 3.05) is 26.2 Å². The normalized spacial score (nSPS) is 18.6. The lowest BCUT2D eigenvalue weighted by Gasteiger charge is -2.51. The van der Waals surface area contributed by atoms with Crippen molar-refractivity contribution in [3.63, 3.8) is 0 Å². The van der Waals surface area contributed by atoms with Crippen LogP contribution in [-0.4, -0.2) is 65.5 Å². The molecule has 1 aromatic heterocycles. The van der Waals surface area contributed by atoms with Crippen molar-refractivity contribution in [2.24, 2.45) is 0 Å². The van der Waals surface area contributed by atoms with Crippen molar-refractivity contribution >= 4 is 29.2 Å². The van der Waals surface area contributed by atoms with E-state index in [2.05, 4.69) is 39.8 Å². The molecule has 2 N–H and O–H groups in total. The fraction of sp³-hybridized carbons (Fsp3) is 0.424. The molecule has 3 heterocycles. The molecule has 1 atom stereocenters. The summed E-state index contributed by atoms with van der Waals surface area (Å²) in [5.41, 5.74) is 1.43. The fourth-order valence-electron chi connectivity index (χ4n) is 5.87. The molecule has 42 heavy (non-hydrogen) atoms. The number of carbonyl (C=O) groups excluding carboxylic acids is 3. The number of likely N-dealkylation sites (tertiary alicyclic amines) is 1. The summed E-state index contributed by atoms with van der Waals surface area (Å²) >= 11 is 1.62. The maximum Gasteiger partial charge on any atom is 0.407 e. The van der Waals surface area contributed by atoms with Gasteiger partial charge < -0.3 is 25.2 Å². The summed E-state index contributed by atoms with van der Waals surface area (Å²) in [6.07, 6.45) is 3.69. The Morgan fingerprint density at radius 1 is 0.952 bits per heavy atom. The van der Waals surface area contributed by atoms with E-state index in [0.29, 0.717) is 45.2 Å². The molecule has 0 unspecified atom stereocenters. The molecule has 2 fully saturated rings. The fourth-order valence-corrected chi connectivity index (χ4v) is 6.57. The van der Waals surface area contributed by atoms with E-state index in [4.69, 9.17) is 4.74 Å².